The molecule has 0 aliphatic rings. The summed E-state index contributed by atoms with van der Waals surface area (Å²) in [6.07, 6.45) is 0. The van der Waals surface area contributed by atoms with Gasteiger partial charge in [0.05, 0.1) is 19.6 Å². The number of quaternary nitrogens is 1. The molecule has 0 unspecified atom stereocenters. The van der Waals surface area contributed by atoms with Crippen LogP contribution in [0.3, 0.4) is 0 Å². The van der Waals surface area contributed by atoms with E-state index in [9.17, 15) is 8.78 Å². The lowest BCUT2D eigenvalue weighted by atomic mass is 10.4. The van der Waals surface area contributed by atoms with Crippen molar-refractivity contribution in [2.45, 2.75) is 27.3 Å². The van der Waals surface area contributed by atoms with Crippen LogP contribution >= 0.6 is 29.4 Å². The lowest BCUT2D eigenvalue weighted by Crippen LogP contribution is -2.51. The molecule has 0 aromatic heterocycles. The van der Waals surface area contributed by atoms with Gasteiger partial charge in [0.25, 0.3) is 0 Å². The van der Waals surface area contributed by atoms with E-state index in [2.05, 4.69) is 0 Å². The van der Waals surface area contributed by atoms with Gasteiger partial charge >= 0.3 is 6.55 Å². The Morgan fingerprint density at radius 3 is 1.25 bits per heavy atom. The molecule has 1 nitrogen and oxygen atoms in total. The molecule has 12 heavy (non-hydrogen) atoms. The second-order valence-corrected chi connectivity index (χ2v) is 2.44. The van der Waals surface area contributed by atoms with Gasteiger partial charge in [0, 0.05) is 0 Å². The number of rotatable bonds is 4. The van der Waals surface area contributed by atoms with Crippen LogP contribution in [0.2, 0.25) is 0 Å². The highest BCUT2D eigenvalue weighted by Gasteiger charge is 2.31. The maximum Gasteiger partial charge on any atom is 0.380 e. The number of nitrogens with zero attached hydrogens (tertiary/aromatic N) is 1. The normalized spacial score (nSPS) is 10.5. The van der Waals surface area contributed by atoms with Crippen molar-refractivity contribution in [3.05, 3.63) is 0 Å². The van der Waals surface area contributed by atoms with Crippen molar-refractivity contribution < 1.29 is 13.3 Å². The molecule has 0 spiro atoms. The molecule has 0 radical (unpaired) electrons. The molecule has 0 N–H and O–H groups in total. The summed E-state index contributed by atoms with van der Waals surface area (Å²) in [7, 11) is 0. The molecule has 0 saturated heterocycles. The first kappa shape index (κ1) is 18.4. The zero-order chi connectivity index (χ0) is 8.20. The average molecular weight is 270 g/mol. The molecule has 0 aliphatic carbocycles. The Labute approximate surface area is 89.9 Å². The molecule has 0 aliphatic heterocycles. The van der Waals surface area contributed by atoms with Crippen molar-refractivity contribution >= 4 is 29.4 Å². The summed E-state index contributed by atoms with van der Waals surface area (Å²) in [5.74, 6) is 0. The Morgan fingerprint density at radius 1 is 1.00 bits per heavy atom. The van der Waals surface area contributed by atoms with E-state index in [1.807, 2.05) is 0 Å². The topological polar surface area (TPSA) is 0 Å². The first-order chi connectivity index (χ1) is 4.63. The van der Waals surface area contributed by atoms with Gasteiger partial charge in [-0.1, -0.05) is 0 Å². The second kappa shape index (κ2) is 8.20. The predicted octanol–water partition coefficient (Wildman–Crippen LogP) is 3.09. The first-order valence-corrected chi connectivity index (χ1v) is 3.76. The van der Waals surface area contributed by atoms with Crippen LogP contribution in [-0.2, 0) is 0 Å². The maximum atomic E-state index is 12.3. The van der Waals surface area contributed by atoms with E-state index in [4.69, 9.17) is 0 Å². The minimum absolute atomic E-state index is 0. The van der Waals surface area contributed by atoms with E-state index in [0.717, 1.165) is 0 Å². The summed E-state index contributed by atoms with van der Waals surface area (Å²) in [6, 6.07) is 0. The van der Waals surface area contributed by atoms with Gasteiger partial charge in [0.1, 0.15) is 0 Å². The Bertz CT molecular complexity index is 91.1. The number of halogens is 4. The minimum atomic E-state index is -2.22. The zero-order valence-electron chi connectivity index (χ0n) is 7.72. The highest BCUT2D eigenvalue weighted by Crippen LogP contribution is 2.14. The fourth-order valence-electron chi connectivity index (χ4n) is 1.08. The van der Waals surface area contributed by atoms with Crippen LogP contribution in [0.15, 0.2) is 0 Å². The molecule has 5 heteroatoms. The third-order valence-corrected chi connectivity index (χ3v) is 2.30. The number of hydrogen-bond donors (Lipinski definition) is 0. The van der Waals surface area contributed by atoms with Crippen LogP contribution in [0.4, 0.5) is 8.78 Å². The van der Waals surface area contributed by atoms with E-state index >= 15 is 0 Å². The summed E-state index contributed by atoms with van der Waals surface area (Å²) in [4.78, 5) is 0. The summed E-state index contributed by atoms with van der Waals surface area (Å²) in [5.41, 5.74) is 0. The molecule has 0 saturated carbocycles. The Kier molecular flexibility index (Phi) is 12.6. The van der Waals surface area contributed by atoms with Gasteiger partial charge < -0.3 is 0 Å². The first-order valence-electron chi connectivity index (χ1n) is 3.76. The highest BCUT2D eigenvalue weighted by molar-refractivity contribution is 8.93. The van der Waals surface area contributed by atoms with Crippen LogP contribution in [0.1, 0.15) is 20.8 Å². The van der Waals surface area contributed by atoms with Gasteiger partial charge in [-0.05, 0) is 20.8 Å². The molecular formula is C7H18BrClF2N+. The third kappa shape index (κ3) is 4.01. The summed E-state index contributed by atoms with van der Waals surface area (Å²) >= 11 is 0. The van der Waals surface area contributed by atoms with Crippen LogP contribution in [0.25, 0.3) is 0 Å². The summed E-state index contributed by atoms with van der Waals surface area (Å²) in [5, 5.41) is 0. The van der Waals surface area contributed by atoms with Gasteiger partial charge in [-0.2, -0.15) is 8.78 Å². The Balaban J connectivity index is -0.000000405. The molecule has 0 bridgehead atoms. The molecule has 0 amide bonds. The lowest BCUT2D eigenvalue weighted by molar-refractivity contribution is -0.974. The van der Waals surface area contributed by atoms with Gasteiger partial charge in [-0.3, -0.25) is 4.48 Å². The van der Waals surface area contributed by atoms with Crippen molar-refractivity contribution in [2.75, 3.05) is 19.6 Å². The SMILES string of the molecule is Br.CC[N+](CC)(CC)C(F)F.Cl. The van der Waals surface area contributed by atoms with E-state index in [-0.39, 0.29) is 33.9 Å². The monoisotopic (exact) mass is 268 g/mol. The van der Waals surface area contributed by atoms with Crippen molar-refractivity contribution in [1.82, 2.24) is 0 Å². The van der Waals surface area contributed by atoms with Crippen LogP contribution in [0, 0.1) is 0 Å². The van der Waals surface area contributed by atoms with Gasteiger partial charge in [0.2, 0.25) is 0 Å². The van der Waals surface area contributed by atoms with E-state index in [0.29, 0.717) is 19.6 Å². The largest absolute Gasteiger partial charge is 0.380 e. The summed E-state index contributed by atoms with van der Waals surface area (Å²) in [6.45, 7) is 4.75. The van der Waals surface area contributed by atoms with E-state index in [1.165, 1.54) is 0 Å². The molecule has 0 aromatic carbocycles. The molecule has 0 heterocycles. The second-order valence-electron chi connectivity index (χ2n) is 2.44. The standard InChI is InChI=1S/C7H16F2N.BrH.ClH/c1-4-10(5-2,6-3)7(8)9;;/h7H,4-6H2,1-3H3;2*1H/q+1;;. The van der Waals surface area contributed by atoms with Crippen molar-refractivity contribution in [1.29, 1.82) is 0 Å². The lowest BCUT2D eigenvalue weighted by Gasteiger charge is -2.33. The number of alkyl halides is 2. The van der Waals surface area contributed by atoms with Gasteiger partial charge in [-0.15, -0.1) is 29.4 Å². The molecule has 0 aromatic rings. The van der Waals surface area contributed by atoms with Crippen LogP contribution in [0.5, 0.6) is 0 Å². The van der Waals surface area contributed by atoms with Crippen LogP contribution in [-0.4, -0.2) is 30.7 Å². The quantitative estimate of drug-likeness (QED) is 0.543. The van der Waals surface area contributed by atoms with Crippen molar-refractivity contribution in [3.63, 3.8) is 0 Å². The number of hydrogen-bond acceptors (Lipinski definition) is 0. The van der Waals surface area contributed by atoms with E-state index < -0.39 is 6.55 Å². The molecule has 0 rings (SSSR count). The summed E-state index contributed by atoms with van der Waals surface area (Å²) < 4.78 is 24.6. The molecular weight excluding hydrogens is 251 g/mol. The predicted molar refractivity (Wildman–Crippen MR) is 55.5 cm³/mol. The fourth-order valence-corrected chi connectivity index (χ4v) is 1.08. The van der Waals surface area contributed by atoms with Crippen LogP contribution < -0.4 is 0 Å². The van der Waals surface area contributed by atoms with Crippen molar-refractivity contribution in [2.24, 2.45) is 0 Å². The van der Waals surface area contributed by atoms with Gasteiger partial charge in [-0.25, -0.2) is 0 Å². The average Bonchev–Trinajstić information content (AvgIpc) is 1.92. The Hall–Kier alpha value is 0.590. The maximum absolute atomic E-state index is 12.3. The molecule has 0 atom stereocenters. The van der Waals surface area contributed by atoms with Crippen molar-refractivity contribution in [3.8, 4) is 0 Å². The fraction of sp³-hybridized carbons (Fsp3) is 1.00. The third-order valence-electron chi connectivity index (χ3n) is 2.30. The smallest absolute Gasteiger partial charge is 0.266 e. The minimum Gasteiger partial charge on any atom is -0.266 e. The zero-order valence-corrected chi connectivity index (χ0v) is 10.2. The highest BCUT2D eigenvalue weighted by atomic mass is 79.9. The van der Waals surface area contributed by atoms with Gasteiger partial charge in [0.15, 0.2) is 0 Å². The molecule has 0 fully saturated rings. The Morgan fingerprint density at radius 2 is 1.25 bits per heavy atom. The molecule has 78 valence electrons. The van der Waals surface area contributed by atoms with E-state index in [1.54, 1.807) is 20.8 Å².